The van der Waals surface area contributed by atoms with Crippen LogP contribution in [0, 0.1) is 11.8 Å². The quantitative estimate of drug-likeness (QED) is 0.319. The second kappa shape index (κ2) is 10.9. The molecule has 5 aromatic rings. The lowest BCUT2D eigenvalue weighted by atomic mass is 10.2. The number of anilines is 3. The van der Waals surface area contributed by atoms with E-state index in [9.17, 15) is 0 Å². The summed E-state index contributed by atoms with van der Waals surface area (Å²) in [6.07, 6.45) is 7.20. The van der Waals surface area contributed by atoms with Crippen LogP contribution < -0.4 is 19.7 Å². The summed E-state index contributed by atoms with van der Waals surface area (Å²) in [6, 6.07) is 15.5. The van der Waals surface area contributed by atoms with Gasteiger partial charge < -0.3 is 19.7 Å². The van der Waals surface area contributed by atoms with Crippen molar-refractivity contribution in [3.63, 3.8) is 0 Å². The fourth-order valence-corrected chi connectivity index (χ4v) is 4.05. The van der Waals surface area contributed by atoms with Crippen LogP contribution in [-0.2, 0) is 7.05 Å². The maximum Gasteiger partial charge on any atom is 0.136 e. The Balaban J connectivity index is 1.58. The first-order valence-corrected chi connectivity index (χ1v) is 12.0. The van der Waals surface area contributed by atoms with E-state index in [4.69, 9.17) is 14.5 Å². The topological polar surface area (TPSA) is 90.2 Å². The molecule has 0 unspecified atom stereocenters. The van der Waals surface area contributed by atoms with Gasteiger partial charge in [0.1, 0.15) is 17.2 Å². The minimum absolute atomic E-state index is 0.386. The molecule has 0 aliphatic carbocycles. The molecular weight excluding hydrogens is 478 g/mol. The van der Waals surface area contributed by atoms with Gasteiger partial charge in [-0.15, -0.1) is 0 Å². The molecule has 0 fully saturated rings. The van der Waals surface area contributed by atoms with Gasteiger partial charge in [-0.2, -0.15) is 5.10 Å². The van der Waals surface area contributed by atoms with E-state index in [2.05, 4.69) is 37.1 Å². The zero-order valence-electron chi connectivity index (χ0n) is 21.6. The molecule has 3 aromatic heterocycles. The molecule has 190 valence electrons. The van der Waals surface area contributed by atoms with Gasteiger partial charge >= 0.3 is 0 Å². The van der Waals surface area contributed by atoms with Crippen LogP contribution in [0.4, 0.5) is 17.1 Å². The third-order valence-electron chi connectivity index (χ3n) is 6.01. The number of rotatable bonds is 7. The van der Waals surface area contributed by atoms with Crippen LogP contribution in [0.1, 0.15) is 5.69 Å². The van der Waals surface area contributed by atoms with E-state index in [0.29, 0.717) is 23.7 Å². The van der Waals surface area contributed by atoms with Gasteiger partial charge in [0.2, 0.25) is 0 Å². The molecule has 3 heterocycles. The van der Waals surface area contributed by atoms with Crippen LogP contribution in [0.2, 0.25) is 0 Å². The average Bonchev–Trinajstić information content (AvgIpc) is 3.40. The maximum atomic E-state index is 5.53. The number of nitrogens with one attached hydrogen (secondary N) is 1. The van der Waals surface area contributed by atoms with Crippen LogP contribution in [0.5, 0.6) is 11.5 Å². The minimum Gasteiger partial charge on any atom is -0.497 e. The first kappa shape index (κ1) is 24.6. The highest BCUT2D eigenvalue weighted by atomic mass is 16.5. The molecule has 0 radical (unpaired) electrons. The molecular formula is C29H27N7O2. The summed E-state index contributed by atoms with van der Waals surface area (Å²) in [4.78, 5) is 16.0. The molecule has 0 aliphatic rings. The summed E-state index contributed by atoms with van der Waals surface area (Å²) in [5, 5.41) is 7.39. The zero-order chi connectivity index (χ0) is 26.5. The molecule has 0 bridgehead atoms. The molecule has 0 spiro atoms. The maximum absolute atomic E-state index is 5.53. The van der Waals surface area contributed by atoms with Gasteiger partial charge in [-0.1, -0.05) is 5.92 Å². The third kappa shape index (κ3) is 5.20. The fraction of sp³-hybridized carbons (Fsp3) is 0.172. The summed E-state index contributed by atoms with van der Waals surface area (Å²) in [5.74, 6) is 7.84. The van der Waals surface area contributed by atoms with E-state index in [-0.39, 0.29) is 0 Å². The van der Waals surface area contributed by atoms with Crippen molar-refractivity contribution in [1.29, 1.82) is 0 Å². The SMILES string of the molecule is CNc1cccnc1C#CCN(c1cc(OC)cc(OC)c1)c1ccc2ncc(-c3cnn(C)c3)nc2c1. The van der Waals surface area contributed by atoms with Crippen molar-refractivity contribution < 1.29 is 9.47 Å². The Morgan fingerprint density at radius 2 is 1.76 bits per heavy atom. The lowest BCUT2D eigenvalue weighted by molar-refractivity contribution is 0.394. The van der Waals surface area contributed by atoms with E-state index in [1.54, 1.807) is 37.5 Å². The first-order valence-electron chi connectivity index (χ1n) is 12.0. The van der Waals surface area contributed by atoms with E-state index < -0.39 is 0 Å². The highest BCUT2D eigenvalue weighted by molar-refractivity contribution is 5.83. The Morgan fingerprint density at radius 1 is 0.947 bits per heavy atom. The summed E-state index contributed by atoms with van der Waals surface area (Å²) in [5.41, 5.74) is 6.54. The molecule has 9 heteroatoms. The van der Waals surface area contributed by atoms with Crippen molar-refractivity contribution in [3.05, 3.63) is 79.0 Å². The number of pyridine rings is 1. The summed E-state index contributed by atoms with van der Waals surface area (Å²) in [6.45, 7) is 0.386. The Labute approximate surface area is 221 Å². The normalized spacial score (nSPS) is 10.5. The average molecular weight is 506 g/mol. The van der Waals surface area contributed by atoms with Gasteiger partial charge in [-0.05, 0) is 36.3 Å². The second-order valence-electron chi connectivity index (χ2n) is 8.44. The zero-order valence-corrected chi connectivity index (χ0v) is 21.6. The van der Waals surface area contributed by atoms with Crippen molar-refractivity contribution in [2.75, 3.05) is 38.0 Å². The van der Waals surface area contributed by atoms with Crippen molar-refractivity contribution in [2.45, 2.75) is 0 Å². The Hall–Kier alpha value is -5.10. The van der Waals surface area contributed by atoms with Crippen LogP contribution in [0.25, 0.3) is 22.3 Å². The minimum atomic E-state index is 0.386. The van der Waals surface area contributed by atoms with E-state index in [1.807, 2.05) is 68.8 Å². The number of benzene rings is 2. The van der Waals surface area contributed by atoms with Crippen molar-refractivity contribution in [3.8, 4) is 34.6 Å². The van der Waals surface area contributed by atoms with E-state index in [1.165, 1.54) is 0 Å². The monoisotopic (exact) mass is 505 g/mol. The molecule has 1 N–H and O–H groups in total. The van der Waals surface area contributed by atoms with Crippen molar-refractivity contribution >= 4 is 28.1 Å². The van der Waals surface area contributed by atoms with Gasteiger partial charge in [-0.3, -0.25) is 9.67 Å². The van der Waals surface area contributed by atoms with Crippen LogP contribution in [0.15, 0.2) is 73.3 Å². The van der Waals surface area contributed by atoms with Crippen LogP contribution in [0.3, 0.4) is 0 Å². The lowest BCUT2D eigenvalue weighted by Gasteiger charge is -2.24. The number of fused-ring (bicyclic) bond motifs is 1. The first-order chi connectivity index (χ1) is 18.6. The second-order valence-corrected chi connectivity index (χ2v) is 8.44. The molecule has 0 saturated carbocycles. The number of methoxy groups -OCH3 is 2. The number of nitrogens with zero attached hydrogens (tertiary/aromatic N) is 6. The van der Waals surface area contributed by atoms with Gasteiger partial charge in [0.05, 0.1) is 55.6 Å². The predicted octanol–water partition coefficient (Wildman–Crippen LogP) is 4.67. The summed E-state index contributed by atoms with van der Waals surface area (Å²) >= 11 is 0. The van der Waals surface area contributed by atoms with E-state index >= 15 is 0 Å². The number of aromatic nitrogens is 5. The molecule has 38 heavy (non-hydrogen) atoms. The number of aryl methyl sites for hydroxylation is 1. The Bertz CT molecular complexity index is 1630. The largest absolute Gasteiger partial charge is 0.497 e. The van der Waals surface area contributed by atoms with Gasteiger partial charge in [0.15, 0.2) is 0 Å². The predicted molar refractivity (Wildman–Crippen MR) is 149 cm³/mol. The van der Waals surface area contributed by atoms with Crippen molar-refractivity contribution in [1.82, 2.24) is 24.7 Å². The van der Waals surface area contributed by atoms with Gasteiger partial charge in [0, 0.05) is 61.6 Å². The third-order valence-corrected chi connectivity index (χ3v) is 6.01. The van der Waals surface area contributed by atoms with Gasteiger partial charge in [0.25, 0.3) is 0 Å². The Kier molecular flexibility index (Phi) is 7.04. The molecule has 0 aliphatic heterocycles. The van der Waals surface area contributed by atoms with Crippen molar-refractivity contribution in [2.24, 2.45) is 7.05 Å². The lowest BCUT2D eigenvalue weighted by Crippen LogP contribution is -2.17. The standard InChI is InChI=1S/C29H27N7O2/c1-30-25-7-5-11-31-26(25)8-6-12-36(22-13-23(37-3)16-24(14-22)38-4)21-9-10-27-28(15-21)34-29(18-32-27)20-17-33-35(2)19-20/h5,7,9-11,13-19,30H,12H2,1-4H3. The number of ether oxygens (including phenoxy) is 2. The highest BCUT2D eigenvalue weighted by Crippen LogP contribution is 2.34. The molecule has 9 nitrogen and oxygen atoms in total. The molecule has 0 amide bonds. The van der Waals surface area contributed by atoms with Crippen LogP contribution in [-0.4, -0.2) is 52.5 Å². The number of hydrogen-bond acceptors (Lipinski definition) is 8. The highest BCUT2D eigenvalue weighted by Gasteiger charge is 2.14. The summed E-state index contributed by atoms with van der Waals surface area (Å²) < 4.78 is 12.8. The smallest absolute Gasteiger partial charge is 0.136 e. The molecule has 0 saturated heterocycles. The molecule has 2 aromatic carbocycles. The molecule has 0 atom stereocenters. The van der Waals surface area contributed by atoms with E-state index in [0.717, 1.165) is 39.4 Å². The fourth-order valence-electron chi connectivity index (χ4n) is 4.05. The summed E-state index contributed by atoms with van der Waals surface area (Å²) in [7, 11) is 7.00. The number of hydrogen-bond donors (Lipinski definition) is 1. The van der Waals surface area contributed by atoms with Gasteiger partial charge in [-0.25, -0.2) is 9.97 Å². The Morgan fingerprint density at radius 3 is 2.47 bits per heavy atom. The van der Waals surface area contributed by atoms with Crippen LogP contribution >= 0.6 is 0 Å². The molecule has 5 rings (SSSR count).